The number of hydrogen-bond acceptors (Lipinski definition) is 3. The summed E-state index contributed by atoms with van der Waals surface area (Å²) >= 11 is 0. The Morgan fingerprint density at radius 3 is 2.89 bits per heavy atom. The summed E-state index contributed by atoms with van der Waals surface area (Å²) in [6.45, 7) is 2.41. The number of hydrogen-bond donors (Lipinski definition) is 2. The third kappa shape index (κ3) is 3.38. The van der Waals surface area contributed by atoms with Gasteiger partial charge in [0.25, 0.3) is 5.56 Å². The summed E-state index contributed by atoms with van der Waals surface area (Å²) in [4.78, 5) is 27.9. The molecular formula is C21H19FN4O2. The molecule has 0 fully saturated rings. The molecule has 2 aromatic heterocycles. The average molecular weight is 378 g/mol. The first-order chi connectivity index (χ1) is 13.5. The predicted octanol–water partition coefficient (Wildman–Crippen LogP) is 2.68. The second-order valence-electron chi connectivity index (χ2n) is 6.71. The molecule has 2 N–H and O–H groups in total. The first-order valence-electron chi connectivity index (χ1n) is 9.01. The van der Waals surface area contributed by atoms with E-state index < -0.39 is 0 Å². The van der Waals surface area contributed by atoms with E-state index in [1.54, 1.807) is 18.3 Å². The fourth-order valence-electron chi connectivity index (χ4n) is 3.39. The summed E-state index contributed by atoms with van der Waals surface area (Å²) in [5.74, 6) is -0.531. The summed E-state index contributed by atoms with van der Waals surface area (Å²) < 4.78 is 14.9. The SMILES string of the molecule is Cc1[nH]c2ccc(F)cc2c1CC(=O)NCCn1ncc2ccccc2c1=O. The zero-order valence-corrected chi connectivity index (χ0v) is 15.3. The number of nitrogens with zero attached hydrogens (tertiary/aromatic N) is 2. The lowest BCUT2D eigenvalue weighted by Gasteiger charge is -2.08. The molecule has 2 heterocycles. The van der Waals surface area contributed by atoms with Crippen LogP contribution < -0.4 is 10.9 Å². The van der Waals surface area contributed by atoms with Crippen molar-refractivity contribution in [3.8, 4) is 0 Å². The number of carbonyl (C=O) groups excluding carboxylic acids is 1. The number of aromatic amines is 1. The third-order valence-corrected chi connectivity index (χ3v) is 4.83. The summed E-state index contributed by atoms with van der Waals surface area (Å²) in [6.07, 6.45) is 1.78. The molecule has 4 rings (SSSR count). The van der Waals surface area contributed by atoms with E-state index in [1.165, 1.54) is 16.8 Å². The standard InChI is InChI=1S/C21H19FN4O2/c1-13-17(18-10-15(22)6-7-19(18)25-13)11-20(27)23-8-9-26-21(28)16-5-3-2-4-14(16)12-24-26/h2-7,10,12,25H,8-9,11H2,1H3,(H,23,27). The third-order valence-electron chi connectivity index (χ3n) is 4.83. The smallest absolute Gasteiger partial charge is 0.274 e. The van der Waals surface area contributed by atoms with Crippen LogP contribution in [0.4, 0.5) is 4.39 Å². The van der Waals surface area contributed by atoms with Crippen LogP contribution in [0, 0.1) is 12.7 Å². The van der Waals surface area contributed by atoms with E-state index in [4.69, 9.17) is 0 Å². The van der Waals surface area contributed by atoms with Crippen LogP contribution in [0.2, 0.25) is 0 Å². The van der Waals surface area contributed by atoms with E-state index in [2.05, 4.69) is 15.4 Å². The predicted molar refractivity (Wildman–Crippen MR) is 106 cm³/mol. The molecule has 6 nitrogen and oxygen atoms in total. The molecule has 2 aromatic carbocycles. The quantitative estimate of drug-likeness (QED) is 0.560. The Hall–Kier alpha value is -3.48. The number of nitrogens with one attached hydrogen (secondary N) is 2. The first kappa shape index (κ1) is 17.9. The lowest BCUT2D eigenvalue weighted by atomic mass is 10.1. The van der Waals surface area contributed by atoms with Gasteiger partial charge in [0.05, 0.1) is 24.5 Å². The topological polar surface area (TPSA) is 79.8 Å². The van der Waals surface area contributed by atoms with Gasteiger partial charge in [0, 0.05) is 28.5 Å². The van der Waals surface area contributed by atoms with Crippen LogP contribution in [0.1, 0.15) is 11.3 Å². The Morgan fingerprint density at radius 1 is 1.21 bits per heavy atom. The molecule has 4 aromatic rings. The van der Waals surface area contributed by atoms with E-state index in [0.717, 1.165) is 22.2 Å². The number of fused-ring (bicyclic) bond motifs is 2. The number of aromatic nitrogens is 3. The number of benzene rings is 2. The van der Waals surface area contributed by atoms with Crippen molar-refractivity contribution in [3.05, 3.63) is 76.1 Å². The number of H-pyrrole nitrogens is 1. The van der Waals surface area contributed by atoms with Crippen LogP contribution in [-0.4, -0.2) is 27.2 Å². The van der Waals surface area contributed by atoms with Crippen LogP contribution in [-0.2, 0) is 17.8 Å². The maximum atomic E-state index is 13.5. The van der Waals surface area contributed by atoms with Crippen LogP contribution >= 0.6 is 0 Å². The molecule has 0 unspecified atom stereocenters. The van der Waals surface area contributed by atoms with Crippen molar-refractivity contribution < 1.29 is 9.18 Å². The molecule has 1 amide bonds. The second kappa shape index (κ2) is 7.26. The molecule has 0 saturated carbocycles. The van der Waals surface area contributed by atoms with Crippen molar-refractivity contribution in [1.29, 1.82) is 0 Å². The van der Waals surface area contributed by atoms with E-state index >= 15 is 0 Å². The normalized spacial score (nSPS) is 11.2. The minimum atomic E-state index is -0.338. The Morgan fingerprint density at radius 2 is 2.04 bits per heavy atom. The fourth-order valence-corrected chi connectivity index (χ4v) is 3.39. The van der Waals surface area contributed by atoms with Gasteiger partial charge in [0.1, 0.15) is 5.82 Å². The molecule has 0 aliphatic rings. The molecule has 0 bridgehead atoms. The van der Waals surface area contributed by atoms with Gasteiger partial charge in [0.15, 0.2) is 0 Å². The molecule has 0 radical (unpaired) electrons. The fraction of sp³-hybridized carbons (Fsp3) is 0.190. The van der Waals surface area contributed by atoms with Crippen molar-refractivity contribution >= 4 is 27.6 Å². The van der Waals surface area contributed by atoms with Gasteiger partial charge in [-0.15, -0.1) is 0 Å². The highest BCUT2D eigenvalue weighted by atomic mass is 19.1. The number of carbonyl (C=O) groups is 1. The monoisotopic (exact) mass is 378 g/mol. The molecule has 0 saturated heterocycles. The van der Waals surface area contributed by atoms with Gasteiger partial charge in [-0.25, -0.2) is 9.07 Å². The minimum Gasteiger partial charge on any atom is -0.358 e. The van der Waals surface area contributed by atoms with Crippen molar-refractivity contribution in [1.82, 2.24) is 20.1 Å². The Bertz CT molecular complexity index is 1240. The zero-order valence-electron chi connectivity index (χ0n) is 15.3. The molecule has 28 heavy (non-hydrogen) atoms. The summed E-state index contributed by atoms with van der Waals surface area (Å²) in [5.41, 5.74) is 2.22. The molecule has 0 spiro atoms. The van der Waals surface area contributed by atoms with Gasteiger partial charge in [-0.05, 0) is 36.8 Å². The highest BCUT2D eigenvalue weighted by Crippen LogP contribution is 2.23. The number of aryl methyl sites for hydroxylation is 1. The maximum absolute atomic E-state index is 13.5. The van der Waals surface area contributed by atoms with Gasteiger partial charge >= 0.3 is 0 Å². The van der Waals surface area contributed by atoms with E-state index in [0.29, 0.717) is 10.8 Å². The lowest BCUT2D eigenvalue weighted by molar-refractivity contribution is -0.120. The van der Waals surface area contributed by atoms with Gasteiger partial charge in [-0.1, -0.05) is 18.2 Å². The zero-order chi connectivity index (χ0) is 19.7. The van der Waals surface area contributed by atoms with Gasteiger partial charge < -0.3 is 10.3 Å². The Balaban J connectivity index is 1.43. The van der Waals surface area contributed by atoms with E-state index in [1.807, 2.05) is 25.1 Å². The summed E-state index contributed by atoms with van der Waals surface area (Å²) in [5, 5.41) is 9.05. The minimum absolute atomic E-state index is 0.134. The first-order valence-corrected chi connectivity index (χ1v) is 9.01. The highest BCUT2D eigenvalue weighted by molar-refractivity contribution is 5.90. The van der Waals surface area contributed by atoms with E-state index in [-0.39, 0.29) is 36.8 Å². The van der Waals surface area contributed by atoms with Crippen LogP contribution in [0.5, 0.6) is 0 Å². The number of rotatable bonds is 5. The van der Waals surface area contributed by atoms with Crippen LogP contribution in [0.15, 0.2) is 53.5 Å². The summed E-state index contributed by atoms with van der Waals surface area (Å²) in [6, 6.07) is 11.7. The number of amides is 1. The molecule has 0 atom stereocenters. The second-order valence-corrected chi connectivity index (χ2v) is 6.71. The molecule has 0 aliphatic carbocycles. The Labute approximate surface area is 160 Å². The van der Waals surface area contributed by atoms with Gasteiger partial charge in [-0.3, -0.25) is 9.59 Å². The molecular weight excluding hydrogens is 359 g/mol. The maximum Gasteiger partial charge on any atom is 0.274 e. The van der Waals surface area contributed by atoms with Crippen LogP contribution in [0.25, 0.3) is 21.7 Å². The van der Waals surface area contributed by atoms with Crippen LogP contribution in [0.3, 0.4) is 0 Å². The average Bonchev–Trinajstić information content (AvgIpc) is 2.98. The van der Waals surface area contributed by atoms with Gasteiger partial charge in [-0.2, -0.15) is 5.10 Å². The lowest BCUT2D eigenvalue weighted by Crippen LogP contribution is -2.32. The van der Waals surface area contributed by atoms with Crippen molar-refractivity contribution in [2.24, 2.45) is 0 Å². The van der Waals surface area contributed by atoms with Crippen molar-refractivity contribution in [2.45, 2.75) is 19.9 Å². The van der Waals surface area contributed by atoms with Crippen molar-refractivity contribution in [3.63, 3.8) is 0 Å². The molecule has 0 aliphatic heterocycles. The van der Waals surface area contributed by atoms with Gasteiger partial charge in [0.2, 0.25) is 5.91 Å². The number of halogens is 1. The highest BCUT2D eigenvalue weighted by Gasteiger charge is 2.13. The Kier molecular flexibility index (Phi) is 4.65. The largest absolute Gasteiger partial charge is 0.358 e. The summed E-state index contributed by atoms with van der Waals surface area (Å²) in [7, 11) is 0. The molecule has 142 valence electrons. The van der Waals surface area contributed by atoms with E-state index in [9.17, 15) is 14.0 Å². The molecule has 7 heteroatoms. The van der Waals surface area contributed by atoms with Crippen molar-refractivity contribution in [2.75, 3.05) is 6.54 Å².